The molecule has 3 aromatic rings. The van der Waals surface area contributed by atoms with E-state index in [9.17, 15) is 14.7 Å². The normalized spacial score (nSPS) is 15.5. The average molecular weight is 460 g/mol. The van der Waals surface area contributed by atoms with Crippen LogP contribution in [0.4, 0.5) is 5.69 Å². The lowest BCUT2D eigenvalue weighted by Gasteiger charge is -2.20. The zero-order chi connectivity index (χ0) is 24.3. The molecule has 1 aliphatic rings. The van der Waals surface area contributed by atoms with Crippen molar-refractivity contribution in [2.45, 2.75) is 31.9 Å². The number of anilines is 1. The molecule has 0 saturated heterocycles. The highest BCUT2D eigenvalue weighted by Crippen LogP contribution is 2.31. The molecule has 1 atom stereocenters. The number of ether oxygens (including phenoxy) is 1. The number of rotatable bonds is 4. The molecular formula is C26H25N3O5. The summed E-state index contributed by atoms with van der Waals surface area (Å²) in [5.74, 6) is 5.81. The molecule has 2 amide bonds. The Morgan fingerprint density at radius 3 is 2.74 bits per heavy atom. The Bertz CT molecular complexity index is 1260. The van der Waals surface area contributed by atoms with Gasteiger partial charge in [0.25, 0.3) is 11.8 Å². The van der Waals surface area contributed by atoms with Gasteiger partial charge in [0, 0.05) is 25.1 Å². The van der Waals surface area contributed by atoms with E-state index in [2.05, 4.69) is 22.3 Å². The summed E-state index contributed by atoms with van der Waals surface area (Å²) in [5, 5.41) is 16.4. The van der Waals surface area contributed by atoms with Gasteiger partial charge in [-0.1, -0.05) is 47.3 Å². The standard InChI is InChI=1S/C26H25N3O5/c1-26(2,32)12-11-18-9-10-23-22(14-18)29(3)25(31)21(16-33-23)27-24(30)20-15-19(34-28-20)13-17-7-5-4-6-8-17/h4-10,14-15,21,32H,13,16H2,1-3H3,(H,27,30)/t21-/m1/s1. The first-order chi connectivity index (χ1) is 16.2. The molecule has 0 unspecified atom stereocenters. The van der Waals surface area contributed by atoms with Gasteiger partial charge in [0.1, 0.15) is 29.8 Å². The van der Waals surface area contributed by atoms with Gasteiger partial charge in [-0.2, -0.15) is 0 Å². The molecular weight excluding hydrogens is 434 g/mol. The van der Waals surface area contributed by atoms with Crippen molar-refractivity contribution in [2.75, 3.05) is 18.6 Å². The molecule has 0 radical (unpaired) electrons. The lowest BCUT2D eigenvalue weighted by Crippen LogP contribution is -2.49. The molecule has 4 rings (SSSR count). The van der Waals surface area contributed by atoms with Gasteiger partial charge in [0.2, 0.25) is 0 Å². The molecule has 0 bridgehead atoms. The molecule has 174 valence electrons. The lowest BCUT2D eigenvalue weighted by molar-refractivity contribution is -0.120. The first-order valence-electron chi connectivity index (χ1n) is 10.8. The summed E-state index contributed by atoms with van der Waals surface area (Å²) in [6.07, 6.45) is 0.503. The van der Waals surface area contributed by atoms with Crippen molar-refractivity contribution in [1.29, 1.82) is 0 Å². The number of nitrogens with one attached hydrogen (secondary N) is 1. The van der Waals surface area contributed by atoms with Gasteiger partial charge in [-0.3, -0.25) is 9.59 Å². The van der Waals surface area contributed by atoms with E-state index in [1.165, 1.54) is 4.90 Å². The Labute approximate surface area is 197 Å². The minimum absolute atomic E-state index is 0.0364. The highest BCUT2D eigenvalue weighted by molar-refractivity contribution is 6.02. The summed E-state index contributed by atoms with van der Waals surface area (Å²) in [7, 11) is 1.61. The quantitative estimate of drug-likeness (QED) is 0.581. The fourth-order valence-electron chi connectivity index (χ4n) is 3.44. The summed E-state index contributed by atoms with van der Waals surface area (Å²) >= 11 is 0. The van der Waals surface area contributed by atoms with Crippen molar-refractivity contribution in [3.05, 3.63) is 77.2 Å². The summed E-state index contributed by atoms with van der Waals surface area (Å²) < 4.78 is 11.1. The predicted octanol–water partition coefficient (Wildman–Crippen LogP) is 2.54. The van der Waals surface area contributed by atoms with Crippen LogP contribution in [0.25, 0.3) is 0 Å². The zero-order valence-corrected chi connectivity index (χ0v) is 19.2. The Balaban J connectivity index is 1.46. The smallest absolute Gasteiger partial charge is 0.274 e. The van der Waals surface area contributed by atoms with Gasteiger partial charge in [0.05, 0.1) is 5.69 Å². The molecule has 8 heteroatoms. The van der Waals surface area contributed by atoms with Gasteiger partial charge in [-0.05, 0) is 37.6 Å². The molecule has 1 aromatic heterocycles. The van der Waals surface area contributed by atoms with Crippen molar-refractivity contribution in [2.24, 2.45) is 0 Å². The summed E-state index contributed by atoms with van der Waals surface area (Å²) in [4.78, 5) is 27.2. The van der Waals surface area contributed by atoms with Gasteiger partial charge in [-0.25, -0.2) is 0 Å². The number of carbonyl (C=O) groups is 2. The van der Waals surface area contributed by atoms with Crippen LogP contribution < -0.4 is 15.0 Å². The van der Waals surface area contributed by atoms with E-state index < -0.39 is 17.6 Å². The molecule has 0 aliphatic carbocycles. The van der Waals surface area contributed by atoms with E-state index in [0.29, 0.717) is 29.2 Å². The fourth-order valence-corrected chi connectivity index (χ4v) is 3.44. The molecule has 0 saturated carbocycles. The van der Waals surface area contributed by atoms with Crippen molar-refractivity contribution in [1.82, 2.24) is 10.5 Å². The third-order valence-corrected chi connectivity index (χ3v) is 5.19. The van der Waals surface area contributed by atoms with Crippen molar-refractivity contribution in [3.8, 4) is 17.6 Å². The maximum atomic E-state index is 13.1. The topological polar surface area (TPSA) is 105 Å². The van der Waals surface area contributed by atoms with E-state index >= 15 is 0 Å². The number of hydrogen-bond acceptors (Lipinski definition) is 6. The van der Waals surface area contributed by atoms with Crippen molar-refractivity contribution < 1.29 is 24.0 Å². The van der Waals surface area contributed by atoms with Crippen LogP contribution in [0.15, 0.2) is 59.1 Å². The number of aliphatic hydroxyl groups is 1. The number of hydrogen-bond donors (Lipinski definition) is 2. The highest BCUT2D eigenvalue weighted by Gasteiger charge is 2.31. The van der Waals surface area contributed by atoms with Crippen LogP contribution in [0.5, 0.6) is 5.75 Å². The minimum Gasteiger partial charge on any atom is -0.489 e. The Kier molecular flexibility index (Phi) is 6.39. The van der Waals surface area contributed by atoms with E-state index in [1.807, 2.05) is 30.3 Å². The Hall–Kier alpha value is -4.09. The van der Waals surface area contributed by atoms with E-state index in [-0.39, 0.29) is 18.2 Å². The monoisotopic (exact) mass is 459 g/mol. The molecule has 2 aromatic carbocycles. The molecule has 8 nitrogen and oxygen atoms in total. The Morgan fingerprint density at radius 1 is 1.24 bits per heavy atom. The van der Waals surface area contributed by atoms with Gasteiger partial charge in [0.15, 0.2) is 5.69 Å². The van der Waals surface area contributed by atoms with E-state index in [1.54, 1.807) is 45.2 Å². The molecule has 2 N–H and O–H groups in total. The van der Waals surface area contributed by atoms with Crippen molar-refractivity contribution >= 4 is 17.5 Å². The number of fused-ring (bicyclic) bond motifs is 1. The van der Waals surface area contributed by atoms with Crippen LogP contribution in [-0.4, -0.2) is 47.4 Å². The van der Waals surface area contributed by atoms with Crippen LogP contribution in [0.2, 0.25) is 0 Å². The lowest BCUT2D eigenvalue weighted by atomic mass is 10.1. The van der Waals surface area contributed by atoms with Crippen LogP contribution in [0.1, 0.15) is 41.2 Å². The molecule has 0 fully saturated rings. The van der Waals surface area contributed by atoms with Gasteiger partial charge >= 0.3 is 0 Å². The number of aromatic nitrogens is 1. The fraction of sp³-hybridized carbons (Fsp3) is 0.269. The van der Waals surface area contributed by atoms with Gasteiger partial charge in [-0.15, -0.1) is 0 Å². The molecule has 0 spiro atoms. The maximum absolute atomic E-state index is 13.1. The minimum atomic E-state index is -1.14. The Morgan fingerprint density at radius 2 is 2.00 bits per heavy atom. The second-order valence-electron chi connectivity index (χ2n) is 8.57. The zero-order valence-electron chi connectivity index (χ0n) is 19.2. The molecule has 1 aliphatic heterocycles. The number of nitrogens with zero attached hydrogens (tertiary/aromatic N) is 2. The van der Waals surface area contributed by atoms with E-state index in [0.717, 1.165) is 5.56 Å². The maximum Gasteiger partial charge on any atom is 0.274 e. The average Bonchev–Trinajstić information content (AvgIpc) is 3.24. The van der Waals surface area contributed by atoms with Crippen LogP contribution in [0, 0.1) is 11.8 Å². The summed E-state index contributed by atoms with van der Waals surface area (Å²) in [6, 6.07) is 15.5. The number of likely N-dealkylation sites (N-methyl/N-ethyl adjacent to an activating group) is 1. The number of amides is 2. The number of benzene rings is 2. The summed E-state index contributed by atoms with van der Waals surface area (Å²) in [6.45, 7) is 3.15. The van der Waals surface area contributed by atoms with Crippen LogP contribution >= 0.6 is 0 Å². The van der Waals surface area contributed by atoms with Crippen molar-refractivity contribution in [3.63, 3.8) is 0 Å². The third-order valence-electron chi connectivity index (χ3n) is 5.19. The highest BCUT2D eigenvalue weighted by atomic mass is 16.5. The summed E-state index contributed by atoms with van der Waals surface area (Å²) in [5.41, 5.74) is 1.13. The second-order valence-corrected chi connectivity index (χ2v) is 8.57. The largest absolute Gasteiger partial charge is 0.489 e. The van der Waals surface area contributed by atoms with Gasteiger partial charge < -0.3 is 24.6 Å². The molecule has 34 heavy (non-hydrogen) atoms. The predicted molar refractivity (Wildman–Crippen MR) is 126 cm³/mol. The third kappa shape index (κ3) is 5.45. The second kappa shape index (κ2) is 9.41. The van der Waals surface area contributed by atoms with Crippen LogP contribution in [-0.2, 0) is 11.2 Å². The van der Waals surface area contributed by atoms with Crippen LogP contribution in [0.3, 0.4) is 0 Å². The van der Waals surface area contributed by atoms with E-state index in [4.69, 9.17) is 9.26 Å². The molecule has 2 heterocycles. The SMILES string of the molecule is CN1C(=O)[C@H](NC(=O)c2cc(Cc3ccccc3)on2)COc2ccc(C#CC(C)(C)O)cc21. The first-order valence-corrected chi connectivity index (χ1v) is 10.8. The number of carbonyl (C=O) groups excluding carboxylic acids is 2. The first kappa shape index (κ1) is 23.1.